The lowest BCUT2D eigenvalue weighted by atomic mass is 10.0. The minimum absolute atomic E-state index is 0.718. The minimum atomic E-state index is 0.718. The molecule has 0 aromatic heterocycles. The fraction of sp³-hybridized carbons (Fsp3) is 0.222. The van der Waals surface area contributed by atoms with Crippen LogP contribution in [0.1, 0.15) is 31.7 Å². The van der Waals surface area contributed by atoms with Crippen molar-refractivity contribution in [3.05, 3.63) is 71.4 Å². The fourth-order valence-corrected chi connectivity index (χ4v) is 2.07. The van der Waals surface area contributed by atoms with Gasteiger partial charge in [0.2, 0.25) is 0 Å². The van der Waals surface area contributed by atoms with Crippen LogP contribution in [-0.2, 0) is 0 Å². The van der Waals surface area contributed by atoms with Crippen molar-refractivity contribution in [1.82, 2.24) is 0 Å². The van der Waals surface area contributed by atoms with Crippen LogP contribution in [0.2, 0.25) is 5.02 Å². The van der Waals surface area contributed by atoms with E-state index in [0.29, 0.717) is 0 Å². The quantitative estimate of drug-likeness (QED) is 0.596. The maximum atomic E-state index is 5.87. The van der Waals surface area contributed by atoms with Gasteiger partial charge >= 0.3 is 0 Å². The standard InChI is InChI=1S/C18H19ClO/c1-2-3-7-16(15-8-5-4-6-9-15)14-20-18-12-10-17(19)11-13-18/h4-6,8-14H,2-3,7H2,1H3/b16-14+. The first-order valence-electron chi connectivity index (χ1n) is 6.96. The lowest BCUT2D eigenvalue weighted by Crippen LogP contribution is -1.90. The molecule has 2 heteroatoms. The third kappa shape index (κ3) is 4.43. The van der Waals surface area contributed by atoms with E-state index in [9.17, 15) is 0 Å². The molecule has 0 unspecified atom stereocenters. The monoisotopic (exact) mass is 286 g/mol. The van der Waals surface area contributed by atoms with E-state index < -0.39 is 0 Å². The lowest BCUT2D eigenvalue weighted by Gasteiger charge is -2.08. The Morgan fingerprint density at radius 1 is 1.05 bits per heavy atom. The van der Waals surface area contributed by atoms with Gasteiger partial charge < -0.3 is 4.74 Å². The molecule has 2 rings (SSSR count). The second-order valence-electron chi connectivity index (χ2n) is 4.68. The molecule has 0 amide bonds. The Balaban J connectivity index is 2.13. The topological polar surface area (TPSA) is 9.23 Å². The normalized spacial score (nSPS) is 11.4. The van der Waals surface area contributed by atoms with Gasteiger partial charge in [0.25, 0.3) is 0 Å². The number of benzene rings is 2. The number of hydrogen-bond acceptors (Lipinski definition) is 1. The van der Waals surface area contributed by atoms with Gasteiger partial charge in [-0.05, 0) is 48.2 Å². The number of halogens is 1. The van der Waals surface area contributed by atoms with Crippen LogP contribution in [0.5, 0.6) is 5.75 Å². The average Bonchev–Trinajstić information content (AvgIpc) is 2.50. The molecule has 0 fully saturated rings. The second-order valence-corrected chi connectivity index (χ2v) is 5.12. The van der Waals surface area contributed by atoms with Crippen LogP contribution in [-0.4, -0.2) is 0 Å². The van der Waals surface area contributed by atoms with Gasteiger partial charge in [-0.3, -0.25) is 0 Å². The van der Waals surface area contributed by atoms with E-state index >= 15 is 0 Å². The highest BCUT2D eigenvalue weighted by atomic mass is 35.5. The Kier molecular flexibility index (Phi) is 5.69. The third-order valence-electron chi connectivity index (χ3n) is 3.10. The summed E-state index contributed by atoms with van der Waals surface area (Å²) in [7, 11) is 0. The number of rotatable bonds is 6. The van der Waals surface area contributed by atoms with Crippen LogP contribution in [0.3, 0.4) is 0 Å². The van der Waals surface area contributed by atoms with Gasteiger partial charge in [-0.25, -0.2) is 0 Å². The first kappa shape index (κ1) is 14.7. The van der Waals surface area contributed by atoms with Gasteiger partial charge in [0.15, 0.2) is 0 Å². The number of hydrogen-bond donors (Lipinski definition) is 0. The molecular weight excluding hydrogens is 268 g/mol. The van der Waals surface area contributed by atoms with Crippen molar-refractivity contribution in [1.29, 1.82) is 0 Å². The Hall–Kier alpha value is -1.73. The van der Waals surface area contributed by atoms with E-state index in [1.165, 1.54) is 17.6 Å². The summed E-state index contributed by atoms with van der Waals surface area (Å²) in [6.07, 6.45) is 5.21. The minimum Gasteiger partial charge on any atom is -0.465 e. The third-order valence-corrected chi connectivity index (χ3v) is 3.35. The molecule has 1 nitrogen and oxygen atoms in total. The van der Waals surface area contributed by atoms with Crippen LogP contribution in [0.25, 0.3) is 5.57 Å². The van der Waals surface area contributed by atoms with Crippen molar-refractivity contribution in [3.63, 3.8) is 0 Å². The van der Waals surface area contributed by atoms with Crippen LogP contribution >= 0.6 is 11.6 Å². The van der Waals surface area contributed by atoms with Gasteiger partial charge in [-0.15, -0.1) is 0 Å². The molecule has 2 aromatic carbocycles. The summed E-state index contributed by atoms with van der Waals surface area (Å²) in [5, 5.41) is 0.718. The molecule has 0 heterocycles. The highest BCUT2D eigenvalue weighted by Gasteiger charge is 2.02. The van der Waals surface area contributed by atoms with Crippen LogP contribution in [0, 0.1) is 0 Å². The molecule has 104 valence electrons. The summed E-state index contributed by atoms with van der Waals surface area (Å²) in [4.78, 5) is 0. The number of allylic oxidation sites excluding steroid dienone is 1. The summed E-state index contributed by atoms with van der Waals surface area (Å²) in [6.45, 7) is 2.20. The average molecular weight is 287 g/mol. The van der Waals surface area contributed by atoms with Gasteiger partial charge in [0.05, 0.1) is 6.26 Å². The highest BCUT2D eigenvalue weighted by molar-refractivity contribution is 6.30. The first-order chi connectivity index (χ1) is 9.79. The van der Waals surface area contributed by atoms with E-state index in [0.717, 1.165) is 23.6 Å². The van der Waals surface area contributed by atoms with Crippen molar-refractivity contribution >= 4 is 17.2 Å². The van der Waals surface area contributed by atoms with Gasteiger partial charge in [-0.2, -0.15) is 0 Å². The molecule has 0 atom stereocenters. The number of unbranched alkanes of at least 4 members (excludes halogenated alkanes) is 1. The van der Waals surface area contributed by atoms with E-state index in [1.54, 1.807) is 0 Å². The molecule has 0 saturated carbocycles. The predicted octanol–water partition coefficient (Wildman–Crippen LogP) is 5.95. The van der Waals surface area contributed by atoms with Crippen molar-refractivity contribution in [3.8, 4) is 5.75 Å². The molecule has 0 radical (unpaired) electrons. The molecule has 0 spiro atoms. The van der Waals surface area contributed by atoms with Crippen molar-refractivity contribution in [2.75, 3.05) is 0 Å². The Bertz CT molecular complexity index is 543. The fourth-order valence-electron chi connectivity index (χ4n) is 1.94. The Morgan fingerprint density at radius 2 is 1.75 bits per heavy atom. The molecule has 0 saturated heterocycles. The van der Waals surface area contributed by atoms with Crippen molar-refractivity contribution in [2.24, 2.45) is 0 Å². The zero-order valence-electron chi connectivity index (χ0n) is 11.7. The van der Waals surface area contributed by atoms with Crippen molar-refractivity contribution < 1.29 is 4.74 Å². The Labute approximate surface area is 125 Å². The smallest absolute Gasteiger partial charge is 0.126 e. The molecule has 0 aliphatic carbocycles. The van der Waals surface area contributed by atoms with Gasteiger partial charge in [-0.1, -0.05) is 55.3 Å². The number of ether oxygens (including phenoxy) is 1. The lowest BCUT2D eigenvalue weighted by molar-refractivity contribution is 0.481. The molecular formula is C18H19ClO. The highest BCUT2D eigenvalue weighted by Crippen LogP contribution is 2.22. The van der Waals surface area contributed by atoms with E-state index in [1.807, 2.05) is 36.6 Å². The largest absolute Gasteiger partial charge is 0.465 e. The van der Waals surface area contributed by atoms with E-state index in [2.05, 4.69) is 31.2 Å². The summed E-state index contributed by atoms with van der Waals surface area (Å²) >= 11 is 5.87. The zero-order valence-corrected chi connectivity index (χ0v) is 12.4. The summed E-state index contributed by atoms with van der Waals surface area (Å²) in [5.74, 6) is 0.805. The molecule has 0 aliphatic rings. The molecule has 0 bridgehead atoms. The molecule has 0 aliphatic heterocycles. The van der Waals surface area contributed by atoms with Crippen molar-refractivity contribution in [2.45, 2.75) is 26.2 Å². The summed E-state index contributed by atoms with van der Waals surface area (Å²) in [6, 6.07) is 17.8. The maximum Gasteiger partial charge on any atom is 0.126 e. The Morgan fingerprint density at radius 3 is 2.40 bits per heavy atom. The van der Waals surface area contributed by atoms with E-state index in [4.69, 9.17) is 16.3 Å². The first-order valence-corrected chi connectivity index (χ1v) is 7.34. The van der Waals surface area contributed by atoms with Crippen LogP contribution in [0.15, 0.2) is 60.9 Å². The molecule has 2 aromatic rings. The summed E-state index contributed by atoms with van der Waals surface area (Å²) < 4.78 is 5.75. The molecule has 0 N–H and O–H groups in total. The second kappa shape index (κ2) is 7.76. The van der Waals surface area contributed by atoms with Gasteiger partial charge in [0.1, 0.15) is 5.75 Å². The predicted molar refractivity (Wildman–Crippen MR) is 86.0 cm³/mol. The summed E-state index contributed by atoms with van der Waals surface area (Å²) in [5.41, 5.74) is 2.44. The maximum absolute atomic E-state index is 5.87. The zero-order chi connectivity index (χ0) is 14.2. The van der Waals surface area contributed by atoms with Crippen LogP contribution in [0.4, 0.5) is 0 Å². The van der Waals surface area contributed by atoms with Crippen LogP contribution < -0.4 is 4.74 Å². The van der Waals surface area contributed by atoms with Gasteiger partial charge in [0, 0.05) is 5.02 Å². The molecule has 20 heavy (non-hydrogen) atoms. The van der Waals surface area contributed by atoms with E-state index in [-0.39, 0.29) is 0 Å². The SMILES string of the molecule is CCCC/C(=C\Oc1ccc(Cl)cc1)c1ccccc1.